The Hall–Kier alpha value is -4.47. The van der Waals surface area contributed by atoms with Crippen molar-refractivity contribution in [3.63, 3.8) is 0 Å². The molecule has 0 bridgehead atoms. The Morgan fingerprint density at radius 2 is 1.52 bits per heavy atom. The molecule has 9 N–H and O–H groups in total. The first-order valence-corrected chi connectivity index (χ1v) is 19.4. The van der Waals surface area contributed by atoms with Crippen LogP contribution in [-0.4, -0.2) is 94.5 Å². The van der Waals surface area contributed by atoms with E-state index in [9.17, 15) is 39.0 Å². The first-order valence-electron chi connectivity index (χ1n) is 18.0. The van der Waals surface area contributed by atoms with Gasteiger partial charge < -0.3 is 42.4 Å². The van der Waals surface area contributed by atoms with E-state index in [2.05, 4.69) is 16.0 Å². The van der Waals surface area contributed by atoms with Crippen molar-refractivity contribution >= 4 is 47.2 Å². The first kappa shape index (κ1) is 45.7. The fourth-order valence-electron chi connectivity index (χ4n) is 6.00. The van der Waals surface area contributed by atoms with Crippen LogP contribution in [0.1, 0.15) is 68.7 Å². The van der Waals surface area contributed by atoms with Gasteiger partial charge in [-0.1, -0.05) is 36.8 Å². The fourth-order valence-corrected chi connectivity index (χ4v) is 6.47. The molecular formula is C39H57N5O9S. The largest absolute Gasteiger partial charge is 0.508 e. The number of aromatic hydroxyl groups is 1. The molecule has 0 aliphatic rings. The number of aryl methyl sites for hydroxylation is 2. The van der Waals surface area contributed by atoms with Crippen LogP contribution in [0.15, 0.2) is 42.5 Å². The highest BCUT2D eigenvalue weighted by Crippen LogP contribution is 2.27. The van der Waals surface area contributed by atoms with Gasteiger partial charge in [0.15, 0.2) is 5.78 Å². The van der Waals surface area contributed by atoms with Crippen molar-refractivity contribution < 1.29 is 43.7 Å². The van der Waals surface area contributed by atoms with E-state index in [1.54, 1.807) is 77.1 Å². The van der Waals surface area contributed by atoms with E-state index in [1.807, 2.05) is 6.26 Å². The van der Waals surface area contributed by atoms with Crippen molar-refractivity contribution in [1.29, 1.82) is 0 Å². The maximum absolute atomic E-state index is 14.3. The number of thioether (sulfide) groups is 1. The van der Waals surface area contributed by atoms with Gasteiger partial charge in [-0.2, -0.15) is 11.8 Å². The zero-order valence-corrected chi connectivity index (χ0v) is 32.9. The quantitative estimate of drug-likeness (QED) is 0.0519. The number of carboxylic acids is 1. The summed E-state index contributed by atoms with van der Waals surface area (Å²) in [6.45, 7) is 8.11. The average molecular weight is 772 g/mol. The smallest absolute Gasteiger partial charge is 0.317 e. The highest BCUT2D eigenvalue weighted by atomic mass is 32.2. The summed E-state index contributed by atoms with van der Waals surface area (Å²) in [6, 6.07) is 8.44. The molecule has 0 radical (unpaired) electrons. The molecule has 5 atom stereocenters. The van der Waals surface area contributed by atoms with Gasteiger partial charge in [-0.25, -0.2) is 0 Å². The number of carbonyl (C=O) groups is 6. The molecule has 3 amide bonds. The molecule has 2 unspecified atom stereocenters. The number of phenolic OH excluding ortho intramolecular Hbond substituents is 1. The number of nitrogens with one attached hydrogen (secondary N) is 3. The second-order valence-electron chi connectivity index (χ2n) is 14.4. The standard InChI is InChI=1S/C39H57N5O9S/c1-23-18-26(45)19-24(2)28(23)21-29(41)35(48)44-30(15-17-54-6)36(49)42-22-32(46)43-31(20-25-12-8-7-9-13-25)34(47)33(38(52)53-39(3,4)5)27(37(50)51)14-10-11-16-40/h7-9,12-13,18-19,27,29-31,33,45H,10-11,14-17,20-22,40-41H2,1-6H3,(H,42,49)(H,43,46)(H,44,48)(H,50,51)/t27?,29-,30-,31-,33?/m0/s1. The minimum Gasteiger partial charge on any atom is -0.508 e. The Morgan fingerprint density at radius 1 is 0.889 bits per heavy atom. The van der Waals surface area contributed by atoms with Crippen molar-refractivity contribution in [1.82, 2.24) is 16.0 Å². The average Bonchev–Trinajstić information content (AvgIpc) is 3.09. The number of ketones is 1. The van der Waals surface area contributed by atoms with Crippen molar-refractivity contribution in [2.75, 3.05) is 25.1 Å². The van der Waals surface area contributed by atoms with E-state index < -0.39 is 77.6 Å². The van der Waals surface area contributed by atoms with Gasteiger partial charge in [0.1, 0.15) is 23.3 Å². The van der Waals surface area contributed by atoms with Crippen LogP contribution in [0.5, 0.6) is 5.75 Å². The van der Waals surface area contributed by atoms with Crippen molar-refractivity contribution in [2.24, 2.45) is 23.3 Å². The van der Waals surface area contributed by atoms with Crippen LogP contribution in [0.2, 0.25) is 0 Å². The highest BCUT2D eigenvalue weighted by molar-refractivity contribution is 7.98. The number of esters is 1. The number of unbranched alkanes of at least 4 members (excludes halogenated alkanes) is 1. The minimum atomic E-state index is -1.74. The fraction of sp³-hybridized carbons (Fsp3) is 0.538. The van der Waals surface area contributed by atoms with Crippen LogP contribution >= 0.6 is 11.8 Å². The first-order chi connectivity index (χ1) is 25.4. The molecule has 54 heavy (non-hydrogen) atoms. The third-order valence-electron chi connectivity index (χ3n) is 8.73. The van der Waals surface area contributed by atoms with E-state index in [1.165, 1.54) is 11.8 Å². The van der Waals surface area contributed by atoms with E-state index in [4.69, 9.17) is 16.2 Å². The normalized spacial score (nSPS) is 14.1. The lowest BCUT2D eigenvalue weighted by Crippen LogP contribution is -2.55. The Morgan fingerprint density at radius 3 is 2.07 bits per heavy atom. The monoisotopic (exact) mass is 771 g/mol. The van der Waals surface area contributed by atoms with Gasteiger partial charge >= 0.3 is 11.9 Å². The number of hydrogen-bond donors (Lipinski definition) is 7. The molecule has 2 rings (SSSR count). The number of phenols is 1. The molecule has 0 fully saturated rings. The number of nitrogens with two attached hydrogens (primary N) is 2. The molecule has 0 spiro atoms. The number of amides is 3. The Bertz CT molecular complexity index is 1580. The summed E-state index contributed by atoms with van der Waals surface area (Å²) in [6.07, 6.45) is 2.97. The van der Waals surface area contributed by atoms with Gasteiger partial charge in [-0.3, -0.25) is 28.8 Å². The van der Waals surface area contributed by atoms with Gasteiger partial charge in [0.05, 0.1) is 24.5 Å². The number of carbonyl (C=O) groups excluding carboxylic acids is 5. The predicted molar refractivity (Wildman–Crippen MR) is 208 cm³/mol. The molecule has 0 saturated heterocycles. The predicted octanol–water partition coefficient (Wildman–Crippen LogP) is 2.32. The number of hydrogen-bond acceptors (Lipinski definition) is 11. The van der Waals surface area contributed by atoms with Crippen LogP contribution < -0.4 is 27.4 Å². The number of benzene rings is 2. The van der Waals surface area contributed by atoms with Crippen molar-refractivity contribution in [2.45, 2.75) is 96.9 Å². The Kier molecular flexibility index (Phi) is 18.6. The SMILES string of the molecule is CSCC[C@H](NC(=O)[C@@H](N)Cc1c(C)cc(O)cc1C)C(=O)NCC(=O)N[C@@H](Cc1ccccc1)C(=O)C(C(=O)OC(C)(C)C)C(CCCCN)C(=O)O. The number of ether oxygens (including phenoxy) is 1. The molecule has 15 heteroatoms. The van der Waals surface area contributed by atoms with Gasteiger partial charge in [-0.15, -0.1) is 0 Å². The molecule has 14 nitrogen and oxygen atoms in total. The summed E-state index contributed by atoms with van der Waals surface area (Å²) in [7, 11) is 0. The summed E-state index contributed by atoms with van der Waals surface area (Å²) in [4.78, 5) is 80.2. The maximum Gasteiger partial charge on any atom is 0.317 e. The molecule has 0 heterocycles. The minimum absolute atomic E-state index is 0.0226. The van der Waals surface area contributed by atoms with Crippen LogP contribution in [0, 0.1) is 25.7 Å². The Labute approximate surface area is 321 Å². The third-order valence-corrected chi connectivity index (χ3v) is 9.37. The molecular weight excluding hydrogens is 715 g/mol. The summed E-state index contributed by atoms with van der Waals surface area (Å²) >= 11 is 1.46. The van der Waals surface area contributed by atoms with Crippen molar-refractivity contribution in [3.05, 3.63) is 64.7 Å². The van der Waals surface area contributed by atoms with E-state index >= 15 is 0 Å². The maximum atomic E-state index is 14.3. The molecule has 2 aromatic rings. The summed E-state index contributed by atoms with van der Waals surface area (Å²) < 4.78 is 5.53. The van der Waals surface area contributed by atoms with Gasteiger partial charge in [-0.05, 0) is 120 Å². The number of carboxylic acid groups (broad SMARTS) is 1. The zero-order chi connectivity index (χ0) is 40.6. The molecule has 2 aromatic carbocycles. The van der Waals surface area contributed by atoms with Crippen LogP contribution in [-0.2, 0) is 46.3 Å². The summed E-state index contributed by atoms with van der Waals surface area (Å²) in [5.74, 6) is -7.80. The lowest BCUT2D eigenvalue weighted by atomic mass is 9.81. The van der Waals surface area contributed by atoms with Gasteiger partial charge in [0, 0.05) is 0 Å². The third kappa shape index (κ3) is 15.1. The lowest BCUT2D eigenvalue weighted by molar-refractivity contribution is -0.169. The van der Waals surface area contributed by atoms with E-state index in [0.717, 1.165) is 16.7 Å². The van der Waals surface area contributed by atoms with Gasteiger partial charge in [0.2, 0.25) is 17.7 Å². The number of Topliss-reactive ketones (excluding diaryl/α,β-unsaturated/α-hetero) is 1. The van der Waals surface area contributed by atoms with E-state index in [0.29, 0.717) is 30.7 Å². The molecule has 298 valence electrons. The Balaban J connectivity index is 2.29. The highest BCUT2D eigenvalue weighted by Gasteiger charge is 2.44. The number of rotatable bonds is 22. The van der Waals surface area contributed by atoms with Crippen LogP contribution in [0.4, 0.5) is 0 Å². The second-order valence-corrected chi connectivity index (χ2v) is 15.4. The zero-order valence-electron chi connectivity index (χ0n) is 32.1. The summed E-state index contributed by atoms with van der Waals surface area (Å²) in [5, 5.41) is 27.9. The molecule has 0 aliphatic carbocycles. The van der Waals surface area contributed by atoms with Crippen molar-refractivity contribution in [3.8, 4) is 5.75 Å². The second kappa shape index (κ2) is 22.0. The lowest BCUT2D eigenvalue weighted by Gasteiger charge is -2.29. The molecule has 0 saturated carbocycles. The van der Waals surface area contributed by atoms with Crippen LogP contribution in [0.3, 0.4) is 0 Å². The number of aliphatic carboxylic acids is 1. The molecule has 0 aromatic heterocycles. The summed E-state index contributed by atoms with van der Waals surface area (Å²) in [5.41, 5.74) is 13.8. The van der Waals surface area contributed by atoms with E-state index in [-0.39, 0.29) is 31.4 Å². The molecule has 0 aliphatic heterocycles. The van der Waals surface area contributed by atoms with Gasteiger partial charge in [0.25, 0.3) is 0 Å². The topological polar surface area (TPSA) is 240 Å². The van der Waals surface area contributed by atoms with Crippen LogP contribution in [0.25, 0.3) is 0 Å².